The van der Waals surface area contributed by atoms with Gasteiger partial charge in [-0.2, -0.15) is 0 Å². The molecular weight excluding hydrogens is 483 g/mol. The zero-order valence-electron chi connectivity index (χ0n) is 20.6. The largest absolute Gasteiger partial charge is 0.493 e. The molecule has 1 aliphatic carbocycles. The second kappa shape index (κ2) is 11.8. The molecule has 0 bridgehead atoms. The summed E-state index contributed by atoms with van der Waals surface area (Å²) >= 11 is 12.0. The molecule has 1 N–H and O–H groups in total. The molecule has 3 aromatic rings. The molecule has 1 saturated carbocycles. The van der Waals surface area contributed by atoms with Crippen molar-refractivity contribution < 1.29 is 18.7 Å². The number of rotatable bonds is 10. The van der Waals surface area contributed by atoms with Crippen LogP contribution in [0.5, 0.6) is 5.75 Å². The van der Waals surface area contributed by atoms with Crippen LogP contribution in [0.2, 0.25) is 10.0 Å². The third kappa shape index (κ3) is 7.23. The highest BCUT2D eigenvalue weighted by atomic mass is 35.5. The highest BCUT2D eigenvalue weighted by Crippen LogP contribution is 2.33. The second-order valence-electron chi connectivity index (χ2n) is 10.2. The summed E-state index contributed by atoms with van der Waals surface area (Å²) in [7, 11) is 4.28. The fourth-order valence-corrected chi connectivity index (χ4v) is 5.09. The summed E-state index contributed by atoms with van der Waals surface area (Å²) < 4.78 is 12.5. The van der Waals surface area contributed by atoms with Crippen LogP contribution in [-0.2, 0) is 6.54 Å². The van der Waals surface area contributed by atoms with Crippen molar-refractivity contribution in [1.82, 2.24) is 4.98 Å². The van der Waals surface area contributed by atoms with Gasteiger partial charge in [-0.05, 0) is 42.0 Å². The Hall–Kier alpha value is -2.05. The third-order valence-corrected chi connectivity index (χ3v) is 7.52. The van der Waals surface area contributed by atoms with Crippen molar-refractivity contribution >= 4 is 23.2 Å². The van der Waals surface area contributed by atoms with Gasteiger partial charge in [-0.1, -0.05) is 66.7 Å². The molecule has 0 radical (unpaired) electrons. The van der Waals surface area contributed by atoms with Gasteiger partial charge >= 0.3 is 0 Å². The summed E-state index contributed by atoms with van der Waals surface area (Å²) in [4.78, 5) is 4.37. The lowest BCUT2D eigenvalue weighted by molar-refractivity contribution is -0.904. The normalized spacial score (nSPS) is 15.8. The maximum Gasteiger partial charge on any atom is 0.228 e. The maximum atomic E-state index is 10.8. The minimum absolute atomic E-state index is 0.341. The molecule has 1 atom stereocenters. The number of halogens is 2. The van der Waals surface area contributed by atoms with Crippen molar-refractivity contribution in [2.75, 3.05) is 27.2 Å². The smallest absolute Gasteiger partial charge is 0.228 e. The van der Waals surface area contributed by atoms with Crippen LogP contribution in [0, 0.1) is 0 Å². The maximum absolute atomic E-state index is 10.8. The predicted octanol–water partition coefficient (Wildman–Crippen LogP) is 7.16. The molecule has 0 aliphatic heterocycles. The minimum Gasteiger partial charge on any atom is -0.493 e. The van der Waals surface area contributed by atoms with Crippen LogP contribution in [0.1, 0.15) is 73.3 Å². The lowest BCUT2D eigenvalue weighted by Gasteiger charge is -2.28. The fourth-order valence-electron chi connectivity index (χ4n) is 4.80. The van der Waals surface area contributed by atoms with E-state index in [9.17, 15) is 5.11 Å². The van der Waals surface area contributed by atoms with E-state index in [1.807, 2.05) is 18.2 Å². The Morgan fingerprint density at radius 3 is 2.51 bits per heavy atom. The van der Waals surface area contributed by atoms with Crippen LogP contribution >= 0.6 is 23.2 Å². The lowest BCUT2D eigenvalue weighted by Crippen LogP contribution is -2.40. The summed E-state index contributed by atoms with van der Waals surface area (Å²) in [6.07, 6.45) is 8.23. The van der Waals surface area contributed by atoms with E-state index in [1.54, 1.807) is 18.3 Å². The summed E-state index contributed by atoms with van der Waals surface area (Å²) in [6, 6.07) is 13.6. The molecule has 2 aromatic carbocycles. The first kappa shape index (κ1) is 26.0. The molecule has 0 amide bonds. The Kier molecular flexibility index (Phi) is 8.77. The van der Waals surface area contributed by atoms with E-state index in [1.165, 1.54) is 37.7 Å². The van der Waals surface area contributed by atoms with Gasteiger partial charge in [0.15, 0.2) is 11.9 Å². The quantitative estimate of drug-likeness (QED) is 0.229. The highest BCUT2D eigenvalue weighted by molar-refractivity contribution is 6.42. The van der Waals surface area contributed by atoms with Crippen molar-refractivity contribution in [3.63, 3.8) is 0 Å². The molecule has 1 heterocycles. The summed E-state index contributed by atoms with van der Waals surface area (Å²) in [6.45, 7) is 2.15. The summed E-state index contributed by atoms with van der Waals surface area (Å²) in [5.74, 6) is 2.46. The van der Waals surface area contributed by atoms with E-state index in [-0.39, 0.29) is 0 Å². The number of nitrogens with zero attached hydrogens (tertiary/aromatic N) is 2. The topological polar surface area (TPSA) is 55.5 Å². The number of benzene rings is 2. The first-order chi connectivity index (χ1) is 16.8. The van der Waals surface area contributed by atoms with E-state index in [0.717, 1.165) is 24.3 Å². The summed E-state index contributed by atoms with van der Waals surface area (Å²) in [5, 5.41) is 11.8. The molecule has 0 spiro atoms. The van der Waals surface area contributed by atoms with Crippen molar-refractivity contribution in [1.29, 1.82) is 0 Å². The van der Waals surface area contributed by atoms with Crippen LogP contribution in [0.15, 0.2) is 53.1 Å². The molecule has 1 unspecified atom stereocenters. The monoisotopic (exact) mass is 517 g/mol. The van der Waals surface area contributed by atoms with Gasteiger partial charge < -0.3 is 18.7 Å². The van der Waals surface area contributed by atoms with Gasteiger partial charge in [0.2, 0.25) is 5.89 Å². The zero-order valence-corrected chi connectivity index (χ0v) is 22.1. The zero-order chi connectivity index (χ0) is 24.8. The Morgan fingerprint density at radius 2 is 1.80 bits per heavy atom. The lowest BCUT2D eigenvalue weighted by atomic mass is 9.84. The molecule has 4 rings (SSSR count). The number of ether oxygens (including phenoxy) is 1. The molecule has 35 heavy (non-hydrogen) atoms. The molecule has 188 valence electrons. The molecular formula is C28H35Cl2N2O3+. The average molecular weight is 519 g/mol. The molecule has 1 aliphatic rings. The average Bonchev–Trinajstić information content (AvgIpc) is 3.32. The standard InChI is InChI=1S/C28H35Cl2N2O3/c1-32(2,15-6-16-34-23-13-14-25(29)26(30)17-23)19-24-18-31-28(35-24)27(33)22-11-9-21(10-12-22)20-7-4-3-5-8-20/h9-14,17-18,20,27,33H,3-8,15-16,19H2,1-2H3/q+1. The van der Waals surface area contributed by atoms with Gasteiger partial charge in [0.05, 0.1) is 43.5 Å². The first-order valence-corrected chi connectivity index (χ1v) is 13.2. The number of hydrogen-bond acceptors (Lipinski definition) is 4. The van der Waals surface area contributed by atoms with E-state index in [2.05, 4.69) is 31.2 Å². The summed E-state index contributed by atoms with van der Waals surface area (Å²) in [5.41, 5.74) is 2.18. The fraction of sp³-hybridized carbons (Fsp3) is 0.464. The molecule has 0 saturated heterocycles. The first-order valence-electron chi connectivity index (χ1n) is 12.4. The number of hydrogen-bond donors (Lipinski definition) is 1. The highest BCUT2D eigenvalue weighted by Gasteiger charge is 2.23. The Morgan fingerprint density at radius 1 is 1.06 bits per heavy atom. The van der Waals surface area contributed by atoms with Crippen LogP contribution in [-0.4, -0.2) is 41.8 Å². The van der Waals surface area contributed by atoms with E-state index in [4.69, 9.17) is 32.4 Å². The van der Waals surface area contributed by atoms with Crippen molar-refractivity contribution in [3.8, 4) is 5.75 Å². The molecule has 1 aromatic heterocycles. The van der Waals surface area contributed by atoms with Crippen LogP contribution in [0.4, 0.5) is 0 Å². The Labute approximate surface area is 218 Å². The van der Waals surface area contributed by atoms with E-state index >= 15 is 0 Å². The Balaban J connectivity index is 1.27. The van der Waals surface area contributed by atoms with Gasteiger partial charge in [-0.15, -0.1) is 0 Å². The predicted molar refractivity (Wildman–Crippen MR) is 140 cm³/mol. The van der Waals surface area contributed by atoms with Gasteiger partial charge in [0.1, 0.15) is 12.3 Å². The van der Waals surface area contributed by atoms with Crippen molar-refractivity contribution in [2.24, 2.45) is 0 Å². The number of aliphatic hydroxyl groups is 1. The van der Waals surface area contributed by atoms with Gasteiger partial charge in [-0.3, -0.25) is 0 Å². The number of aliphatic hydroxyl groups excluding tert-OH is 1. The van der Waals surface area contributed by atoms with Gasteiger partial charge in [-0.25, -0.2) is 4.98 Å². The third-order valence-electron chi connectivity index (χ3n) is 6.79. The van der Waals surface area contributed by atoms with Crippen LogP contribution in [0.25, 0.3) is 0 Å². The minimum atomic E-state index is -0.862. The van der Waals surface area contributed by atoms with E-state index < -0.39 is 6.10 Å². The van der Waals surface area contributed by atoms with Crippen LogP contribution < -0.4 is 4.74 Å². The molecule has 1 fully saturated rings. The van der Waals surface area contributed by atoms with E-state index in [0.29, 0.717) is 45.2 Å². The number of aromatic nitrogens is 1. The number of oxazole rings is 1. The SMILES string of the molecule is C[N+](C)(CCCOc1ccc(Cl)c(Cl)c1)Cc1cnc(C(O)c2ccc(C3CCCCC3)cc2)o1. The van der Waals surface area contributed by atoms with Gasteiger partial charge in [0.25, 0.3) is 0 Å². The number of quaternary nitrogens is 1. The molecule has 5 nitrogen and oxygen atoms in total. The second-order valence-corrected chi connectivity index (χ2v) is 11.0. The van der Waals surface area contributed by atoms with Crippen molar-refractivity contribution in [2.45, 2.75) is 57.1 Å². The van der Waals surface area contributed by atoms with Crippen LogP contribution in [0.3, 0.4) is 0 Å². The Bertz CT molecular complexity index is 1090. The van der Waals surface area contributed by atoms with Crippen molar-refractivity contribution in [3.05, 3.63) is 81.5 Å². The van der Waals surface area contributed by atoms with Gasteiger partial charge in [0, 0.05) is 12.5 Å². The molecule has 7 heteroatoms.